The van der Waals surface area contributed by atoms with Gasteiger partial charge in [-0.05, 0) is 37.3 Å². The minimum Gasteiger partial charge on any atom is -0.504 e. The summed E-state index contributed by atoms with van der Waals surface area (Å²) in [6.45, 7) is 1.59. The fraction of sp³-hybridized carbons (Fsp3) is 0.300. The average Bonchev–Trinajstić information content (AvgIpc) is 2.69. The molecule has 0 unspecified atom stereocenters. The van der Waals surface area contributed by atoms with Gasteiger partial charge in [-0.3, -0.25) is 9.20 Å². The lowest BCUT2D eigenvalue weighted by atomic mass is 10.1. The van der Waals surface area contributed by atoms with E-state index in [0.717, 1.165) is 25.3 Å². The predicted octanol–water partition coefficient (Wildman–Crippen LogP) is 2.47. The van der Waals surface area contributed by atoms with Gasteiger partial charge < -0.3 is 20.1 Å². The second-order valence-electron chi connectivity index (χ2n) is 6.96. The number of phenolic OH excluding ortho intramolecular Hbond substituents is 1. The van der Waals surface area contributed by atoms with Gasteiger partial charge in [0, 0.05) is 43.5 Å². The Hall–Kier alpha value is -3.20. The van der Waals surface area contributed by atoms with Crippen LogP contribution in [0.4, 0.5) is 14.5 Å². The van der Waals surface area contributed by atoms with Crippen molar-refractivity contribution in [3.63, 3.8) is 0 Å². The molecular weight excluding hydrogens is 382 g/mol. The number of nitrogens with one attached hydrogen (secondary N) is 1. The lowest BCUT2D eigenvalue weighted by Crippen LogP contribution is -2.49. The summed E-state index contributed by atoms with van der Waals surface area (Å²) in [5.74, 6) is -0.788. The molecule has 0 aliphatic carbocycles. The first kappa shape index (κ1) is 19.1. The van der Waals surface area contributed by atoms with Gasteiger partial charge in [-0.1, -0.05) is 0 Å². The van der Waals surface area contributed by atoms with Gasteiger partial charge in [0.2, 0.25) is 0 Å². The minimum atomic E-state index is -3.07. The normalized spacial score (nSPS) is 17.1. The molecule has 2 N–H and O–H groups in total. The Kier molecular flexibility index (Phi) is 5.06. The molecule has 152 valence electrons. The van der Waals surface area contributed by atoms with Crippen molar-refractivity contribution in [1.29, 1.82) is 0 Å². The summed E-state index contributed by atoms with van der Waals surface area (Å²) in [5.41, 5.74) is 1.76. The number of halogens is 2. The Morgan fingerprint density at radius 3 is 2.86 bits per heavy atom. The first-order chi connectivity index (χ1) is 13.9. The Balaban J connectivity index is 1.71. The number of ether oxygens (including phenoxy) is 1. The third-order valence-corrected chi connectivity index (χ3v) is 4.85. The second kappa shape index (κ2) is 7.67. The number of hydrogen-bond donors (Lipinski definition) is 2. The van der Waals surface area contributed by atoms with E-state index in [1.165, 1.54) is 28.7 Å². The molecule has 1 aromatic carbocycles. The number of hydrogen-bond acceptors (Lipinski definition) is 6. The van der Waals surface area contributed by atoms with E-state index < -0.39 is 12.4 Å². The molecule has 0 radical (unpaired) electrons. The Morgan fingerprint density at radius 2 is 2.10 bits per heavy atom. The maximum atomic E-state index is 12.7. The summed E-state index contributed by atoms with van der Waals surface area (Å²) in [5, 5.41) is 13.1. The zero-order valence-electron chi connectivity index (χ0n) is 15.7. The summed E-state index contributed by atoms with van der Waals surface area (Å²) in [7, 11) is 0. The standard InChI is InChI=1S/C20H20F2N4O3/c1-12-10-25(7-6-23-12)14-3-5-18-24-15(9-19(28)26(18)11-14)13-2-4-16(27)17(8-13)29-20(21)22/h2-5,8-9,11-12,20,23,27H,6-7,10H2,1H3/t12-/m0/s1. The van der Waals surface area contributed by atoms with E-state index in [1.807, 2.05) is 6.07 Å². The van der Waals surface area contributed by atoms with E-state index in [0.29, 0.717) is 22.9 Å². The molecule has 4 rings (SSSR count). The van der Waals surface area contributed by atoms with Crippen LogP contribution in [0.15, 0.2) is 47.4 Å². The van der Waals surface area contributed by atoms with Gasteiger partial charge in [-0.15, -0.1) is 0 Å². The van der Waals surface area contributed by atoms with Crippen molar-refractivity contribution in [3.8, 4) is 22.8 Å². The van der Waals surface area contributed by atoms with Crippen LogP contribution in [-0.4, -0.2) is 46.8 Å². The number of fused-ring (bicyclic) bond motifs is 1. The number of aromatic nitrogens is 2. The third-order valence-electron chi connectivity index (χ3n) is 4.85. The molecule has 9 heteroatoms. The maximum Gasteiger partial charge on any atom is 0.387 e. The monoisotopic (exact) mass is 402 g/mol. The topological polar surface area (TPSA) is 79.1 Å². The smallest absolute Gasteiger partial charge is 0.387 e. The molecule has 0 bridgehead atoms. The average molecular weight is 402 g/mol. The fourth-order valence-electron chi connectivity index (χ4n) is 3.46. The molecule has 1 saturated heterocycles. The molecular formula is C20H20F2N4O3. The van der Waals surface area contributed by atoms with Crippen LogP contribution in [0.2, 0.25) is 0 Å². The first-order valence-corrected chi connectivity index (χ1v) is 9.21. The Labute approximate surface area is 165 Å². The van der Waals surface area contributed by atoms with Crippen LogP contribution >= 0.6 is 0 Å². The van der Waals surface area contributed by atoms with Crippen molar-refractivity contribution in [3.05, 3.63) is 52.9 Å². The molecule has 0 saturated carbocycles. The quantitative estimate of drug-likeness (QED) is 0.698. The number of alkyl halides is 2. The molecule has 29 heavy (non-hydrogen) atoms. The van der Waals surface area contributed by atoms with Gasteiger partial charge >= 0.3 is 6.61 Å². The highest BCUT2D eigenvalue weighted by atomic mass is 19.3. The summed E-state index contributed by atoms with van der Waals surface area (Å²) in [4.78, 5) is 19.4. The highest BCUT2D eigenvalue weighted by Gasteiger charge is 2.17. The van der Waals surface area contributed by atoms with Crippen LogP contribution < -0.4 is 20.5 Å². The molecule has 3 aromatic rings. The second-order valence-corrected chi connectivity index (χ2v) is 6.96. The SMILES string of the molecule is C[C@H]1CN(c2ccc3nc(-c4ccc(O)c(OC(F)F)c4)cc(=O)n3c2)CCN1. The molecule has 0 amide bonds. The summed E-state index contributed by atoms with van der Waals surface area (Å²) < 4.78 is 30.8. The fourth-order valence-corrected chi connectivity index (χ4v) is 3.46. The van der Waals surface area contributed by atoms with Gasteiger partial charge in [-0.25, -0.2) is 4.98 Å². The number of aromatic hydroxyl groups is 1. The van der Waals surface area contributed by atoms with Crippen molar-refractivity contribution in [2.45, 2.75) is 19.6 Å². The van der Waals surface area contributed by atoms with Crippen LogP contribution in [0.25, 0.3) is 16.9 Å². The van der Waals surface area contributed by atoms with Gasteiger partial charge in [0.25, 0.3) is 5.56 Å². The van der Waals surface area contributed by atoms with Crippen LogP contribution in [0.3, 0.4) is 0 Å². The van der Waals surface area contributed by atoms with E-state index in [-0.39, 0.29) is 11.3 Å². The molecule has 3 heterocycles. The van der Waals surface area contributed by atoms with Crippen molar-refractivity contribution in [2.24, 2.45) is 0 Å². The van der Waals surface area contributed by atoms with Crippen molar-refractivity contribution < 1.29 is 18.6 Å². The molecule has 1 atom stereocenters. The zero-order chi connectivity index (χ0) is 20.5. The lowest BCUT2D eigenvalue weighted by molar-refractivity contribution is -0.0512. The molecule has 2 aromatic heterocycles. The molecule has 1 aliphatic heterocycles. The number of pyridine rings is 1. The van der Waals surface area contributed by atoms with E-state index in [9.17, 15) is 18.7 Å². The van der Waals surface area contributed by atoms with Crippen LogP contribution in [0.1, 0.15) is 6.92 Å². The number of benzene rings is 1. The van der Waals surface area contributed by atoms with Crippen LogP contribution in [0, 0.1) is 0 Å². The molecule has 1 aliphatic rings. The van der Waals surface area contributed by atoms with Crippen molar-refractivity contribution >= 4 is 11.3 Å². The largest absolute Gasteiger partial charge is 0.504 e. The highest BCUT2D eigenvalue weighted by Crippen LogP contribution is 2.32. The summed E-state index contributed by atoms with van der Waals surface area (Å²) in [6.07, 6.45) is 1.76. The van der Waals surface area contributed by atoms with Gasteiger partial charge in [-0.2, -0.15) is 8.78 Å². The van der Waals surface area contributed by atoms with Crippen LogP contribution in [-0.2, 0) is 0 Å². The van der Waals surface area contributed by atoms with E-state index in [2.05, 4.69) is 26.9 Å². The van der Waals surface area contributed by atoms with Gasteiger partial charge in [0.15, 0.2) is 11.5 Å². The predicted molar refractivity (Wildman–Crippen MR) is 105 cm³/mol. The first-order valence-electron chi connectivity index (χ1n) is 9.21. The third kappa shape index (κ3) is 4.00. The minimum absolute atomic E-state index is 0.292. The summed E-state index contributed by atoms with van der Waals surface area (Å²) in [6, 6.07) is 9.30. The van der Waals surface area contributed by atoms with Gasteiger partial charge in [0.05, 0.1) is 11.4 Å². The van der Waals surface area contributed by atoms with Crippen molar-refractivity contribution in [1.82, 2.24) is 14.7 Å². The molecule has 7 nitrogen and oxygen atoms in total. The van der Waals surface area contributed by atoms with Gasteiger partial charge in [0.1, 0.15) is 5.65 Å². The van der Waals surface area contributed by atoms with E-state index >= 15 is 0 Å². The van der Waals surface area contributed by atoms with Crippen molar-refractivity contribution in [2.75, 3.05) is 24.5 Å². The maximum absolute atomic E-state index is 12.7. The number of anilines is 1. The lowest BCUT2D eigenvalue weighted by Gasteiger charge is -2.33. The number of piperazine rings is 1. The van der Waals surface area contributed by atoms with Crippen LogP contribution in [0.5, 0.6) is 11.5 Å². The Bertz CT molecular complexity index is 1100. The molecule has 1 fully saturated rings. The number of nitrogens with zero attached hydrogens (tertiary/aromatic N) is 3. The zero-order valence-corrected chi connectivity index (χ0v) is 15.7. The Morgan fingerprint density at radius 1 is 1.28 bits per heavy atom. The number of phenols is 1. The molecule has 0 spiro atoms. The van der Waals surface area contributed by atoms with E-state index in [1.54, 1.807) is 12.3 Å². The number of rotatable bonds is 4. The highest BCUT2D eigenvalue weighted by molar-refractivity contribution is 5.66. The summed E-state index contributed by atoms with van der Waals surface area (Å²) >= 11 is 0. The van der Waals surface area contributed by atoms with E-state index in [4.69, 9.17) is 0 Å².